The SMILES string of the molecule is Cc1cc(C(=O)NC(C)c2ccc(NC(=O)C3CC3)cc2)ccc1[N+](=O)[O-]. The maximum absolute atomic E-state index is 12.4. The molecule has 140 valence electrons. The van der Waals surface area contributed by atoms with Gasteiger partial charge in [0.1, 0.15) is 0 Å². The van der Waals surface area contributed by atoms with E-state index in [2.05, 4.69) is 10.6 Å². The summed E-state index contributed by atoms with van der Waals surface area (Å²) in [5, 5.41) is 16.6. The molecule has 1 aliphatic carbocycles. The van der Waals surface area contributed by atoms with Crippen LogP contribution in [0.5, 0.6) is 0 Å². The van der Waals surface area contributed by atoms with E-state index >= 15 is 0 Å². The van der Waals surface area contributed by atoms with Gasteiger partial charge in [-0.15, -0.1) is 0 Å². The second-order valence-electron chi connectivity index (χ2n) is 6.84. The highest BCUT2D eigenvalue weighted by molar-refractivity contribution is 5.95. The van der Waals surface area contributed by atoms with Crippen LogP contribution in [0.3, 0.4) is 0 Å². The van der Waals surface area contributed by atoms with Gasteiger partial charge in [-0.25, -0.2) is 0 Å². The Morgan fingerprint density at radius 1 is 1.15 bits per heavy atom. The molecule has 0 heterocycles. The third-order valence-electron chi connectivity index (χ3n) is 4.63. The number of carbonyl (C=O) groups is 2. The number of anilines is 1. The number of amides is 2. The molecule has 0 bridgehead atoms. The van der Waals surface area contributed by atoms with Crippen molar-refractivity contribution in [3.8, 4) is 0 Å². The summed E-state index contributed by atoms with van der Waals surface area (Å²) in [5.74, 6) is -0.0997. The topological polar surface area (TPSA) is 101 Å². The van der Waals surface area contributed by atoms with Crippen molar-refractivity contribution in [2.75, 3.05) is 5.32 Å². The molecule has 1 unspecified atom stereocenters. The Kier molecular flexibility index (Phi) is 5.21. The lowest BCUT2D eigenvalue weighted by Gasteiger charge is -2.15. The molecular weight excluding hydrogens is 346 g/mol. The third kappa shape index (κ3) is 4.49. The predicted octanol–water partition coefficient (Wildman–Crippen LogP) is 3.74. The van der Waals surface area contributed by atoms with E-state index in [1.165, 1.54) is 18.2 Å². The summed E-state index contributed by atoms with van der Waals surface area (Å²) < 4.78 is 0. The van der Waals surface area contributed by atoms with Crippen molar-refractivity contribution < 1.29 is 14.5 Å². The summed E-state index contributed by atoms with van der Waals surface area (Å²) in [4.78, 5) is 34.6. The second kappa shape index (κ2) is 7.57. The summed E-state index contributed by atoms with van der Waals surface area (Å²) >= 11 is 0. The van der Waals surface area contributed by atoms with Crippen LogP contribution in [0.15, 0.2) is 42.5 Å². The molecule has 3 rings (SSSR count). The minimum atomic E-state index is -0.469. The van der Waals surface area contributed by atoms with Gasteiger partial charge in [-0.3, -0.25) is 19.7 Å². The standard InChI is InChI=1S/C20H21N3O4/c1-12-11-16(7-10-18(12)23(26)27)20(25)21-13(2)14-5-8-17(9-6-14)22-19(24)15-3-4-15/h5-11,13,15H,3-4H2,1-2H3,(H,21,25)(H,22,24). The Balaban J connectivity index is 1.63. The lowest BCUT2D eigenvalue weighted by molar-refractivity contribution is -0.385. The van der Waals surface area contributed by atoms with E-state index in [0.29, 0.717) is 11.1 Å². The number of rotatable bonds is 6. The van der Waals surface area contributed by atoms with Crippen LogP contribution in [0.4, 0.5) is 11.4 Å². The molecule has 1 aliphatic rings. The molecular formula is C20H21N3O4. The van der Waals surface area contributed by atoms with Crippen LogP contribution >= 0.6 is 0 Å². The molecule has 7 heteroatoms. The average Bonchev–Trinajstić information content (AvgIpc) is 3.47. The van der Waals surface area contributed by atoms with Crippen molar-refractivity contribution >= 4 is 23.2 Å². The lowest BCUT2D eigenvalue weighted by Crippen LogP contribution is -2.26. The number of nitro groups is 1. The van der Waals surface area contributed by atoms with Gasteiger partial charge < -0.3 is 10.6 Å². The van der Waals surface area contributed by atoms with Crippen molar-refractivity contribution in [3.05, 3.63) is 69.3 Å². The zero-order chi connectivity index (χ0) is 19.6. The number of nitrogens with zero attached hydrogens (tertiary/aromatic N) is 1. The van der Waals surface area contributed by atoms with Crippen LogP contribution in [0.25, 0.3) is 0 Å². The summed E-state index contributed by atoms with van der Waals surface area (Å²) in [5.41, 5.74) is 2.43. The van der Waals surface area contributed by atoms with Gasteiger partial charge in [-0.1, -0.05) is 12.1 Å². The zero-order valence-electron chi connectivity index (χ0n) is 15.2. The van der Waals surface area contributed by atoms with E-state index in [4.69, 9.17) is 0 Å². The van der Waals surface area contributed by atoms with E-state index < -0.39 is 4.92 Å². The Morgan fingerprint density at radius 2 is 1.81 bits per heavy atom. The first-order valence-electron chi connectivity index (χ1n) is 8.82. The first-order valence-corrected chi connectivity index (χ1v) is 8.82. The first kappa shape index (κ1) is 18.6. The first-order chi connectivity index (χ1) is 12.8. The molecule has 7 nitrogen and oxygen atoms in total. The number of hydrogen-bond acceptors (Lipinski definition) is 4. The molecule has 1 atom stereocenters. The monoisotopic (exact) mass is 367 g/mol. The van der Waals surface area contributed by atoms with E-state index in [0.717, 1.165) is 24.1 Å². The van der Waals surface area contributed by atoms with Gasteiger partial charge in [0, 0.05) is 28.8 Å². The van der Waals surface area contributed by atoms with E-state index in [-0.39, 0.29) is 29.5 Å². The maximum Gasteiger partial charge on any atom is 0.272 e. The van der Waals surface area contributed by atoms with Crippen LogP contribution in [0.1, 0.15) is 47.3 Å². The molecule has 2 N–H and O–H groups in total. The zero-order valence-corrected chi connectivity index (χ0v) is 15.2. The smallest absolute Gasteiger partial charge is 0.272 e. The molecule has 0 spiro atoms. The van der Waals surface area contributed by atoms with Gasteiger partial charge in [0.25, 0.3) is 11.6 Å². The highest BCUT2D eigenvalue weighted by Gasteiger charge is 2.29. The number of nitrogens with one attached hydrogen (secondary N) is 2. The van der Waals surface area contributed by atoms with Crippen molar-refractivity contribution in [3.63, 3.8) is 0 Å². The summed E-state index contributed by atoms with van der Waals surface area (Å²) in [6, 6.07) is 11.4. The van der Waals surface area contributed by atoms with Gasteiger partial charge in [-0.2, -0.15) is 0 Å². The lowest BCUT2D eigenvalue weighted by atomic mass is 10.1. The Labute approximate surface area is 156 Å². The van der Waals surface area contributed by atoms with Gasteiger partial charge in [0.2, 0.25) is 5.91 Å². The van der Waals surface area contributed by atoms with Crippen LogP contribution in [-0.2, 0) is 4.79 Å². The molecule has 2 amide bonds. The number of benzene rings is 2. The van der Waals surface area contributed by atoms with E-state index in [1.807, 2.05) is 31.2 Å². The molecule has 0 aromatic heterocycles. The molecule has 0 radical (unpaired) electrons. The second-order valence-corrected chi connectivity index (χ2v) is 6.84. The van der Waals surface area contributed by atoms with Gasteiger partial charge in [0.05, 0.1) is 11.0 Å². The highest BCUT2D eigenvalue weighted by atomic mass is 16.6. The normalized spacial score (nSPS) is 14.3. The summed E-state index contributed by atoms with van der Waals surface area (Å²) in [6.07, 6.45) is 1.91. The molecule has 27 heavy (non-hydrogen) atoms. The molecule has 0 saturated heterocycles. The fourth-order valence-electron chi connectivity index (χ4n) is 2.81. The summed E-state index contributed by atoms with van der Waals surface area (Å²) in [6.45, 7) is 3.46. The van der Waals surface area contributed by atoms with Crippen LogP contribution in [0.2, 0.25) is 0 Å². The van der Waals surface area contributed by atoms with Crippen molar-refractivity contribution in [1.82, 2.24) is 5.32 Å². The summed E-state index contributed by atoms with van der Waals surface area (Å²) in [7, 11) is 0. The van der Waals surface area contributed by atoms with E-state index in [9.17, 15) is 19.7 Å². The fourth-order valence-corrected chi connectivity index (χ4v) is 2.81. The molecule has 1 fully saturated rings. The average molecular weight is 367 g/mol. The van der Waals surface area contributed by atoms with E-state index in [1.54, 1.807) is 6.92 Å². The molecule has 1 saturated carbocycles. The third-order valence-corrected chi connectivity index (χ3v) is 4.63. The Hall–Kier alpha value is -3.22. The largest absolute Gasteiger partial charge is 0.346 e. The molecule has 0 aliphatic heterocycles. The molecule has 2 aromatic carbocycles. The quantitative estimate of drug-likeness (QED) is 0.600. The van der Waals surface area contributed by atoms with Crippen molar-refractivity contribution in [2.24, 2.45) is 5.92 Å². The van der Waals surface area contributed by atoms with Gasteiger partial charge in [-0.05, 0) is 56.5 Å². The minimum absolute atomic E-state index is 0.0107. The predicted molar refractivity (Wildman–Crippen MR) is 102 cm³/mol. The highest BCUT2D eigenvalue weighted by Crippen LogP contribution is 2.30. The minimum Gasteiger partial charge on any atom is -0.346 e. The number of carbonyl (C=O) groups excluding carboxylic acids is 2. The maximum atomic E-state index is 12.4. The van der Waals surface area contributed by atoms with Gasteiger partial charge in [0.15, 0.2) is 0 Å². The van der Waals surface area contributed by atoms with Crippen LogP contribution in [-0.4, -0.2) is 16.7 Å². The number of hydrogen-bond donors (Lipinski definition) is 2. The number of nitro benzene ring substituents is 1. The van der Waals surface area contributed by atoms with Crippen molar-refractivity contribution in [1.29, 1.82) is 0 Å². The van der Waals surface area contributed by atoms with Gasteiger partial charge >= 0.3 is 0 Å². The fraction of sp³-hybridized carbons (Fsp3) is 0.300. The van der Waals surface area contributed by atoms with Crippen LogP contribution < -0.4 is 10.6 Å². The Bertz CT molecular complexity index is 889. The number of aryl methyl sites for hydroxylation is 1. The Morgan fingerprint density at radius 3 is 2.37 bits per heavy atom. The van der Waals surface area contributed by atoms with Crippen LogP contribution in [0, 0.1) is 23.0 Å². The molecule has 2 aromatic rings. The van der Waals surface area contributed by atoms with Crippen molar-refractivity contribution in [2.45, 2.75) is 32.7 Å².